The van der Waals surface area contributed by atoms with E-state index in [1.165, 1.54) is 23.1 Å². The van der Waals surface area contributed by atoms with Crippen LogP contribution in [0, 0.1) is 0 Å². The highest BCUT2D eigenvalue weighted by molar-refractivity contribution is 8.00. The zero-order valence-corrected chi connectivity index (χ0v) is 15.4. The van der Waals surface area contributed by atoms with E-state index in [1.54, 1.807) is 25.1 Å². The first-order valence-corrected chi connectivity index (χ1v) is 9.62. The smallest absolute Gasteiger partial charge is 0.259 e. The van der Waals surface area contributed by atoms with Crippen LogP contribution in [-0.2, 0) is 4.79 Å². The van der Waals surface area contributed by atoms with Gasteiger partial charge in [-0.15, -0.1) is 0 Å². The number of anilines is 1. The second kappa shape index (κ2) is 6.89. The van der Waals surface area contributed by atoms with Crippen LogP contribution in [0.4, 0.5) is 5.13 Å². The number of rotatable bonds is 4. The molecule has 0 aliphatic rings. The van der Waals surface area contributed by atoms with E-state index in [0.717, 1.165) is 10.2 Å². The highest BCUT2D eigenvalue weighted by Crippen LogP contribution is 2.27. The summed E-state index contributed by atoms with van der Waals surface area (Å²) in [6, 6.07) is 14.8. The Hall–Kier alpha value is -2.71. The van der Waals surface area contributed by atoms with Gasteiger partial charge in [-0.2, -0.15) is 0 Å². The molecule has 2 aromatic heterocycles. The molecule has 2 aromatic carbocycles. The van der Waals surface area contributed by atoms with Crippen LogP contribution in [0.5, 0.6) is 0 Å². The van der Waals surface area contributed by atoms with E-state index in [-0.39, 0.29) is 11.5 Å². The van der Waals surface area contributed by atoms with Gasteiger partial charge >= 0.3 is 0 Å². The van der Waals surface area contributed by atoms with E-state index in [0.29, 0.717) is 21.2 Å². The molecule has 0 radical (unpaired) electrons. The number of aromatic nitrogens is 3. The molecule has 2 heterocycles. The third kappa shape index (κ3) is 3.33. The fourth-order valence-corrected chi connectivity index (χ4v) is 4.15. The van der Waals surface area contributed by atoms with Gasteiger partial charge in [0, 0.05) is 0 Å². The van der Waals surface area contributed by atoms with Crippen LogP contribution in [0.15, 0.2) is 58.5 Å². The number of carbonyl (C=O) groups excluding carboxylic acids is 1. The van der Waals surface area contributed by atoms with Crippen LogP contribution < -0.4 is 10.9 Å². The number of thiazole rings is 1. The second-order valence-electron chi connectivity index (χ2n) is 5.62. The first-order valence-electron chi connectivity index (χ1n) is 7.92. The van der Waals surface area contributed by atoms with Crippen LogP contribution in [0.3, 0.4) is 0 Å². The topological polar surface area (TPSA) is 87.7 Å². The van der Waals surface area contributed by atoms with Gasteiger partial charge in [-0.25, -0.2) is 9.97 Å². The number of hydrogen-bond acceptors (Lipinski definition) is 6. The Kier molecular flexibility index (Phi) is 4.44. The van der Waals surface area contributed by atoms with Crippen LogP contribution >= 0.6 is 23.1 Å². The molecule has 1 unspecified atom stereocenters. The molecule has 2 N–H and O–H groups in total. The molecule has 6 nitrogen and oxygen atoms in total. The van der Waals surface area contributed by atoms with Crippen molar-refractivity contribution in [2.75, 3.05) is 5.32 Å². The maximum absolute atomic E-state index is 12.5. The van der Waals surface area contributed by atoms with Gasteiger partial charge in [-0.05, 0) is 31.2 Å². The van der Waals surface area contributed by atoms with Crippen LogP contribution in [-0.4, -0.2) is 26.1 Å². The summed E-state index contributed by atoms with van der Waals surface area (Å²) in [5.41, 5.74) is 1.25. The summed E-state index contributed by atoms with van der Waals surface area (Å²) in [6.07, 6.45) is 0. The monoisotopic (exact) mass is 382 g/mol. The number of para-hydroxylation sites is 2. The van der Waals surface area contributed by atoms with Crippen molar-refractivity contribution >= 4 is 55.3 Å². The zero-order chi connectivity index (χ0) is 18.1. The van der Waals surface area contributed by atoms with E-state index in [2.05, 4.69) is 20.3 Å². The van der Waals surface area contributed by atoms with E-state index in [1.807, 2.05) is 30.3 Å². The van der Waals surface area contributed by atoms with Gasteiger partial charge in [0.2, 0.25) is 5.91 Å². The molecule has 0 fully saturated rings. The van der Waals surface area contributed by atoms with Crippen LogP contribution in [0.25, 0.3) is 21.1 Å². The van der Waals surface area contributed by atoms with Crippen LogP contribution in [0.2, 0.25) is 0 Å². The molecule has 0 spiro atoms. The zero-order valence-electron chi connectivity index (χ0n) is 13.7. The van der Waals surface area contributed by atoms with Crippen LogP contribution in [0.1, 0.15) is 6.92 Å². The highest BCUT2D eigenvalue weighted by Gasteiger charge is 2.18. The molecule has 0 saturated carbocycles. The molecule has 1 amide bonds. The van der Waals surface area contributed by atoms with Gasteiger partial charge in [-0.3, -0.25) is 9.59 Å². The lowest BCUT2D eigenvalue weighted by molar-refractivity contribution is -0.115. The Morgan fingerprint density at radius 1 is 1.12 bits per heavy atom. The summed E-state index contributed by atoms with van der Waals surface area (Å²) in [5, 5.41) is 3.90. The molecule has 0 saturated heterocycles. The van der Waals surface area contributed by atoms with Crippen molar-refractivity contribution in [3.05, 3.63) is 58.9 Å². The molecule has 4 aromatic rings. The fraction of sp³-hybridized carbons (Fsp3) is 0.111. The summed E-state index contributed by atoms with van der Waals surface area (Å²) >= 11 is 2.63. The van der Waals surface area contributed by atoms with E-state index in [9.17, 15) is 9.59 Å². The van der Waals surface area contributed by atoms with E-state index >= 15 is 0 Å². The Morgan fingerprint density at radius 2 is 1.85 bits per heavy atom. The molecule has 0 bridgehead atoms. The number of H-pyrrole nitrogens is 1. The molecular formula is C18H14N4O2S2. The summed E-state index contributed by atoms with van der Waals surface area (Å²) in [7, 11) is 0. The molecule has 1 atom stereocenters. The maximum Gasteiger partial charge on any atom is 0.259 e. The number of nitrogens with zero attached hydrogens (tertiary/aromatic N) is 2. The summed E-state index contributed by atoms with van der Waals surface area (Å²) < 4.78 is 1.02. The van der Waals surface area contributed by atoms with Gasteiger partial charge in [0.15, 0.2) is 10.3 Å². The lowest BCUT2D eigenvalue weighted by Gasteiger charge is -2.10. The number of nitrogens with one attached hydrogen (secondary N) is 2. The van der Waals surface area contributed by atoms with E-state index < -0.39 is 5.25 Å². The van der Waals surface area contributed by atoms with Crippen molar-refractivity contribution in [1.82, 2.24) is 15.0 Å². The van der Waals surface area contributed by atoms with Gasteiger partial charge in [-0.1, -0.05) is 47.4 Å². The minimum Gasteiger partial charge on any atom is -0.301 e. The predicted octanol–water partition coefficient (Wildman–Crippen LogP) is 3.65. The van der Waals surface area contributed by atoms with Crippen molar-refractivity contribution in [2.45, 2.75) is 17.3 Å². The molecular weight excluding hydrogens is 368 g/mol. The molecule has 0 aliphatic heterocycles. The number of fused-ring (bicyclic) bond motifs is 2. The Balaban J connectivity index is 1.51. The minimum absolute atomic E-state index is 0.190. The lowest BCUT2D eigenvalue weighted by atomic mass is 10.2. The number of carbonyl (C=O) groups is 1. The molecule has 130 valence electrons. The minimum atomic E-state index is -0.439. The Labute approximate surface area is 156 Å². The van der Waals surface area contributed by atoms with E-state index in [4.69, 9.17) is 0 Å². The summed E-state index contributed by atoms with van der Waals surface area (Å²) in [4.78, 5) is 36.1. The van der Waals surface area contributed by atoms with Gasteiger partial charge < -0.3 is 10.3 Å². The molecule has 0 aliphatic carbocycles. The molecule has 26 heavy (non-hydrogen) atoms. The number of amides is 1. The maximum atomic E-state index is 12.5. The normalized spacial score (nSPS) is 12.3. The molecule has 8 heteroatoms. The fourth-order valence-electron chi connectivity index (χ4n) is 2.47. The standard InChI is InChI=1S/C18H14N4O2S2/c1-10(15(23)21-18-20-13-8-4-5-9-14(13)26-18)25-17-19-12-7-3-2-6-11(12)16(24)22-17/h2-10H,1H3,(H,19,22,24)(H,20,21,23). The lowest BCUT2D eigenvalue weighted by Crippen LogP contribution is -2.23. The highest BCUT2D eigenvalue weighted by atomic mass is 32.2. The predicted molar refractivity (Wildman–Crippen MR) is 106 cm³/mol. The van der Waals surface area contributed by atoms with Crippen molar-refractivity contribution in [3.63, 3.8) is 0 Å². The number of hydrogen-bond donors (Lipinski definition) is 2. The van der Waals surface area contributed by atoms with Gasteiger partial charge in [0.05, 0.1) is 26.4 Å². The summed E-state index contributed by atoms with van der Waals surface area (Å²) in [6.45, 7) is 1.77. The van der Waals surface area contributed by atoms with Gasteiger partial charge in [0.25, 0.3) is 5.56 Å². The Morgan fingerprint density at radius 3 is 2.65 bits per heavy atom. The largest absolute Gasteiger partial charge is 0.301 e. The van der Waals surface area contributed by atoms with Crippen molar-refractivity contribution in [3.8, 4) is 0 Å². The average Bonchev–Trinajstić information content (AvgIpc) is 3.04. The van der Waals surface area contributed by atoms with Crippen molar-refractivity contribution in [2.24, 2.45) is 0 Å². The third-order valence-electron chi connectivity index (χ3n) is 3.77. The third-order valence-corrected chi connectivity index (χ3v) is 5.71. The molecule has 4 rings (SSSR count). The summed E-state index contributed by atoms with van der Waals surface area (Å²) in [5.74, 6) is -0.190. The number of aromatic amines is 1. The Bertz CT molecular complexity index is 1140. The first-order chi connectivity index (χ1) is 12.6. The second-order valence-corrected chi connectivity index (χ2v) is 7.98. The van der Waals surface area contributed by atoms with Crippen molar-refractivity contribution < 1.29 is 4.79 Å². The SMILES string of the molecule is CC(Sc1nc2ccccc2c(=O)[nH]1)C(=O)Nc1nc2ccccc2s1. The van der Waals surface area contributed by atoms with Crippen molar-refractivity contribution in [1.29, 1.82) is 0 Å². The van der Waals surface area contributed by atoms with Gasteiger partial charge in [0.1, 0.15) is 0 Å². The number of thioether (sulfide) groups is 1. The average molecular weight is 382 g/mol. The quantitative estimate of drug-likeness (QED) is 0.415. The first kappa shape index (κ1) is 16.7. The number of benzene rings is 2.